The van der Waals surface area contributed by atoms with Gasteiger partial charge in [-0.25, -0.2) is 5.43 Å². The first kappa shape index (κ1) is 22.5. The number of carbonyl (C=O) groups is 1. The highest BCUT2D eigenvalue weighted by Gasteiger charge is 2.10. The van der Waals surface area contributed by atoms with Crippen LogP contribution in [0.5, 0.6) is 17.2 Å². The first-order chi connectivity index (χ1) is 15.0. The normalized spacial score (nSPS) is 10.7. The maximum absolute atomic E-state index is 12.5. The molecule has 0 unspecified atom stereocenters. The Kier molecular flexibility index (Phi) is 7.76. The molecule has 31 heavy (non-hydrogen) atoms. The number of carbonyl (C=O) groups excluding carboxylic acids is 1. The summed E-state index contributed by atoms with van der Waals surface area (Å²) in [5.41, 5.74) is 4.27. The molecule has 0 aliphatic heterocycles. The van der Waals surface area contributed by atoms with Crippen LogP contribution in [-0.4, -0.2) is 26.3 Å². The fraction of sp³-hybridized carbons (Fsp3) is 0.130. The summed E-state index contributed by atoms with van der Waals surface area (Å²) >= 11 is 12.3. The summed E-state index contributed by atoms with van der Waals surface area (Å²) in [4.78, 5) is 12.5. The van der Waals surface area contributed by atoms with Crippen LogP contribution in [-0.2, 0) is 6.61 Å². The lowest BCUT2D eigenvalue weighted by Crippen LogP contribution is -2.17. The maximum Gasteiger partial charge on any atom is 0.271 e. The second-order valence-corrected chi connectivity index (χ2v) is 7.21. The van der Waals surface area contributed by atoms with Crippen LogP contribution in [0.1, 0.15) is 21.5 Å². The van der Waals surface area contributed by atoms with E-state index in [0.717, 1.165) is 5.56 Å². The Morgan fingerprint density at radius 2 is 1.71 bits per heavy atom. The van der Waals surface area contributed by atoms with Crippen molar-refractivity contribution in [3.63, 3.8) is 0 Å². The van der Waals surface area contributed by atoms with Crippen LogP contribution in [0.2, 0.25) is 10.0 Å². The molecule has 0 aliphatic rings. The second-order valence-electron chi connectivity index (χ2n) is 6.36. The Hall–Kier alpha value is -3.22. The highest BCUT2D eigenvalue weighted by atomic mass is 35.5. The Morgan fingerprint density at radius 3 is 2.39 bits per heavy atom. The fourth-order valence-corrected chi connectivity index (χ4v) is 3.06. The first-order valence-electron chi connectivity index (χ1n) is 9.22. The maximum atomic E-state index is 12.5. The summed E-state index contributed by atoms with van der Waals surface area (Å²) in [6.45, 7) is 0.276. The van der Waals surface area contributed by atoms with Crippen LogP contribution in [0.25, 0.3) is 0 Å². The molecule has 8 heteroatoms. The van der Waals surface area contributed by atoms with Crippen molar-refractivity contribution in [2.45, 2.75) is 6.61 Å². The Morgan fingerprint density at radius 1 is 1.00 bits per heavy atom. The molecule has 0 fully saturated rings. The predicted molar refractivity (Wildman–Crippen MR) is 122 cm³/mol. The molecule has 3 rings (SSSR count). The zero-order valence-electron chi connectivity index (χ0n) is 16.9. The minimum Gasteiger partial charge on any atom is -0.497 e. The lowest BCUT2D eigenvalue weighted by molar-refractivity contribution is 0.0954. The number of nitrogens with zero attached hydrogens (tertiary/aromatic N) is 1. The molecular weight excluding hydrogens is 439 g/mol. The lowest BCUT2D eigenvalue weighted by Gasteiger charge is -2.11. The standard InChI is InChI=1S/C23H20Cl2N2O4/c1-29-19-10-16(11-20(12-19)30-2)23(28)27-26-13-17-9-18(24)7-8-22(17)31-14-15-5-3-4-6-21(15)25/h3-13H,14H2,1-2H3,(H,27,28)/b26-13-. The van der Waals surface area contributed by atoms with Gasteiger partial charge in [-0.3, -0.25) is 4.79 Å². The van der Waals surface area contributed by atoms with E-state index >= 15 is 0 Å². The third kappa shape index (κ3) is 6.13. The van der Waals surface area contributed by atoms with Crippen molar-refractivity contribution in [2.75, 3.05) is 14.2 Å². The minimum atomic E-state index is -0.422. The van der Waals surface area contributed by atoms with E-state index in [1.54, 1.807) is 42.5 Å². The van der Waals surface area contributed by atoms with Crippen molar-refractivity contribution >= 4 is 35.3 Å². The summed E-state index contributed by atoms with van der Waals surface area (Å²) in [5, 5.41) is 5.16. The van der Waals surface area contributed by atoms with Crippen molar-refractivity contribution in [2.24, 2.45) is 5.10 Å². The highest BCUT2D eigenvalue weighted by Crippen LogP contribution is 2.25. The number of hydrogen-bond acceptors (Lipinski definition) is 5. The van der Waals surface area contributed by atoms with Crippen molar-refractivity contribution in [1.29, 1.82) is 0 Å². The van der Waals surface area contributed by atoms with Gasteiger partial charge in [-0.05, 0) is 36.4 Å². The van der Waals surface area contributed by atoms with E-state index in [4.69, 9.17) is 37.4 Å². The van der Waals surface area contributed by atoms with E-state index in [1.165, 1.54) is 20.4 Å². The third-order valence-electron chi connectivity index (χ3n) is 4.30. The van der Waals surface area contributed by atoms with Crippen molar-refractivity contribution < 1.29 is 19.0 Å². The Bertz CT molecular complexity index is 1080. The van der Waals surface area contributed by atoms with E-state index < -0.39 is 5.91 Å². The average molecular weight is 459 g/mol. The van der Waals surface area contributed by atoms with Crippen LogP contribution in [0, 0.1) is 0 Å². The molecule has 0 heterocycles. The van der Waals surface area contributed by atoms with Gasteiger partial charge in [0.2, 0.25) is 0 Å². The van der Waals surface area contributed by atoms with Crippen molar-refractivity contribution in [1.82, 2.24) is 5.43 Å². The number of hydrazone groups is 1. The zero-order chi connectivity index (χ0) is 22.2. The molecule has 0 aromatic heterocycles. The molecule has 0 aliphatic carbocycles. The number of rotatable bonds is 8. The number of amides is 1. The van der Waals surface area contributed by atoms with Gasteiger partial charge in [-0.2, -0.15) is 5.10 Å². The molecule has 0 saturated heterocycles. The minimum absolute atomic E-state index is 0.276. The van der Waals surface area contributed by atoms with Crippen LogP contribution >= 0.6 is 23.2 Å². The summed E-state index contributed by atoms with van der Waals surface area (Å²) in [6, 6.07) is 17.4. The van der Waals surface area contributed by atoms with Gasteiger partial charge >= 0.3 is 0 Å². The van der Waals surface area contributed by atoms with Gasteiger partial charge in [0.1, 0.15) is 23.9 Å². The topological polar surface area (TPSA) is 69.2 Å². The molecule has 0 atom stereocenters. The Balaban J connectivity index is 1.72. The van der Waals surface area contributed by atoms with Crippen molar-refractivity contribution in [3.8, 4) is 17.2 Å². The molecule has 0 radical (unpaired) electrons. The molecule has 0 saturated carbocycles. The molecule has 6 nitrogen and oxygen atoms in total. The quantitative estimate of drug-likeness (QED) is 0.364. The molecule has 3 aromatic rings. The molecule has 0 spiro atoms. The zero-order valence-corrected chi connectivity index (χ0v) is 18.4. The van der Waals surface area contributed by atoms with Crippen LogP contribution in [0.4, 0.5) is 0 Å². The van der Waals surface area contributed by atoms with Gasteiger partial charge in [-0.15, -0.1) is 0 Å². The predicted octanol–water partition coefficient (Wildman–Crippen LogP) is 5.35. The Labute approximate surface area is 190 Å². The van der Waals surface area contributed by atoms with Gasteiger partial charge < -0.3 is 14.2 Å². The summed E-state index contributed by atoms with van der Waals surface area (Å²) < 4.78 is 16.2. The van der Waals surface area contributed by atoms with E-state index in [0.29, 0.717) is 38.4 Å². The molecule has 160 valence electrons. The summed E-state index contributed by atoms with van der Waals surface area (Å²) in [5.74, 6) is 1.12. The number of nitrogens with one attached hydrogen (secondary N) is 1. The van der Waals surface area contributed by atoms with Gasteiger partial charge in [-0.1, -0.05) is 41.4 Å². The van der Waals surface area contributed by atoms with E-state index in [9.17, 15) is 4.79 Å². The van der Waals surface area contributed by atoms with Gasteiger partial charge in [0.05, 0.1) is 20.4 Å². The van der Waals surface area contributed by atoms with Crippen LogP contribution in [0.15, 0.2) is 65.8 Å². The largest absolute Gasteiger partial charge is 0.497 e. The lowest BCUT2D eigenvalue weighted by atomic mass is 10.2. The smallest absolute Gasteiger partial charge is 0.271 e. The summed E-state index contributed by atoms with van der Waals surface area (Å²) in [6.07, 6.45) is 1.46. The van der Waals surface area contributed by atoms with Crippen molar-refractivity contribution in [3.05, 3.63) is 87.4 Å². The van der Waals surface area contributed by atoms with Gasteiger partial charge in [0, 0.05) is 32.8 Å². The molecular formula is C23H20Cl2N2O4. The second kappa shape index (κ2) is 10.7. The number of methoxy groups -OCH3 is 2. The fourth-order valence-electron chi connectivity index (χ4n) is 2.69. The monoisotopic (exact) mass is 458 g/mol. The SMILES string of the molecule is COc1cc(OC)cc(C(=O)N/N=C\c2cc(Cl)ccc2OCc2ccccc2Cl)c1. The number of halogens is 2. The van der Waals surface area contributed by atoms with E-state index in [1.807, 2.05) is 18.2 Å². The number of ether oxygens (including phenoxy) is 3. The van der Waals surface area contributed by atoms with Gasteiger partial charge in [0.15, 0.2) is 0 Å². The van der Waals surface area contributed by atoms with E-state index in [-0.39, 0.29) is 6.61 Å². The average Bonchev–Trinajstić information content (AvgIpc) is 2.79. The van der Waals surface area contributed by atoms with Gasteiger partial charge in [0.25, 0.3) is 5.91 Å². The van der Waals surface area contributed by atoms with E-state index in [2.05, 4.69) is 10.5 Å². The molecule has 1 N–H and O–H groups in total. The molecule has 0 bridgehead atoms. The van der Waals surface area contributed by atoms with Crippen LogP contribution in [0.3, 0.4) is 0 Å². The van der Waals surface area contributed by atoms with Crippen LogP contribution < -0.4 is 19.6 Å². The third-order valence-corrected chi connectivity index (χ3v) is 4.90. The first-order valence-corrected chi connectivity index (χ1v) is 9.98. The number of hydrogen-bond donors (Lipinski definition) is 1. The summed E-state index contributed by atoms with van der Waals surface area (Å²) in [7, 11) is 3.02. The molecule has 3 aromatic carbocycles. The highest BCUT2D eigenvalue weighted by molar-refractivity contribution is 6.31. The molecule has 1 amide bonds. The number of benzene rings is 3.